The van der Waals surface area contributed by atoms with Gasteiger partial charge in [-0.3, -0.25) is 4.57 Å². The summed E-state index contributed by atoms with van der Waals surface area (Å²) in [4.78, 5) is 15.9. The van der Waals surface area contributed by atoms with Crippen LogP contribution in [0.3, 0.4) is 0 Å². The average Bonchev–Trinajstić information content (AvgIpc) is 3.45. The van der Waals surface area contributed by atoms with Gasteiger partial charge in [-0.25, -0.2) is 9.67 Å². The Morgan fingerprint density at radius 2 is 2.03 bits per heavy atom. The maximum Gasteiger partial charge on any atom is 0.333 e. The number of morpholine rings is 1. The van der Waals surface area contributed by atoms with Gasteiger partial charge >= 0.3 is 6.55 Å². The SMILES string of the molecule is Nc1cccc(CNc2nc(N3CCOCC3)nc3c2ncn3-c2cnn(C(F)F)c2)c1. The number of benzene rings is 1. The van der Waals surface area contributed by atoms with E-state index in [1.165, 1.54) is 18.7 Å². The first-order valence-corrected chi connectivity index (χ1v) is 10.1. The summed E-state index contributed by atoms with van der Waals surface area (Å²) in [6.07, 6.45) is 4.13. The lowest BCUT2D eigenvalue weighted by Gasteiger charge is -2.27. The lowest BCUT2D eigenvalue weighted by atomic mass is 10.2. The highest BCUT2D eigenvalue weighted by Crippen LogP contribution is 2.26. The molecule has 1 aliphatic rings. The molecule has 3 aromatic heterocycles. The van der Waals surface area contributed by atoms with Crippen LogP contribution in [0, 0.1) is 0 Å². The molecule has 0 spiro atoms. The van der Waals surface area contributed by atoms with Crippen LogP contribution in [-0.2, 0) is 11.3 Å². The molecule has 1 aromatic carbocycles. The predicted octanol–water partition coefficient (Wildman–Crippen LogP) is 2.44. The monoisotopic (exact) mass is 441 g/mol. The van der Waals surface area contributed by atoms with E-state index in [1.54, 1.807) is 4.57 Å². The third kappa shape index (κ3) is 3.91. The van der Waals surface area contributed by atoms with Crippen molar-refractivity contribution in [2.45, 2.75) is 13.1 Å². The van der Waals surface area contributed by atoms with Gasteiger partial charge in [0.05, 0.1) is 31.3 Å². The molecule has 166 valence electrons. The molecule has 0 atom stereocenters. The molecule has 0 unspecified atom stereocenters. The second-order valence-corrected chi connectivity index (χ2v) is 7.31. The van der Waals surface area contributed by atoms with E-state index in [-0.39, 0.29) is 0 Å². The molecule has 1 fully saturated rings. The van der Waals surface area contributed by atoms with Gasteiger partial charge in [0.15, 0.2) is 17.0 Å². The molecular weight excluding hydrogens is 420 g/mol. The molecule has 5 rings (SSSR count). The zero-order valence-corrected chi connectivity index (χ0v) is 17.0. The van der Waals surface area contributed by atoms with Gasteiger partial charge in [0, 0.05) is 25.3 Å². The van der Waals surface area contributed by atoms with Crippen LogP contribution in [-0.4, -0.2) is 55.6 Å². The minimum Gasteiger partial charge on any atom is -0.399 e. The van der Waals surface area contributed by atoms with Crippen LogP contribution < -0.4 is 16.0 Å². The molecule has 4 aromatic rings. The number of nitrogen functional groups attached to an aromatic ring is 1. The number of hydrogen-bond acceptors (Lipinski definition) is 8. The Bertz CT molecular complexity index is 1230. The fourth-order valence-corrected chi connectivity index (χ4v) is 3.55. The summed E-state index contributed by atoms with van der Waals surface area (Å²) in [5.74, 6) is 1.05. The molecule has 0 aliphatic carbocycles. The third-order valence-corrected chi connectivity index (χ3v) is 5.16. The van der Waals surface area contributed by atoms with Crippen molar-refractivity contribution in [2.75, 3.05) is 42.3 Å². The smallest absolute Gasteiger partial charge is 0.333 e. The quantitative estimate of drug-likeness (QED) is 0.439. The van der Waals surface area contributed by atoms with E-state index in [2.05, 4.69) is 15.4 Å². The van der Waals surface area contributed by atoms with Gasteiger partial charge in [-0.1, -0.05) is 12.1 Å². The molecule has 0 bridgehead atoms. The summed E-state index contributed by atoms with van der Waals surface area (Å²) in [5.41, 5.74) is 8.99. The Balaban J connectivity index is 1.55. The average molecular weight is 441 g/mol. The summed E-state index contributed by atoms with van der Waals surface area (Å²) in [6, 6.07) is 7.55. The fourth-order valence-electron chi connectivity index (χ4n) is 3.55. The summed E-state index contributed by atoms with van der Waals surface area (Å²) in [7, 11) is 0. The number of hydrogen-bond donors (Lipinski definition) is 2. The van der Waals surface area contributed by atoms with Crippen LogP contribution in [0.4, 0.5) is 26.2 Å². The molecule has 1 saturated heterocycles. The fraction of sp³-hybridized carbons (Fsp3) is 0.300. The van der Waals surface area contributed by atoms with Crippen molar-refractivity contribution in [3.63, 3.8) is 0 Å². The van der Waals surface area contributed by atoms with Crippen molar-refractivity contribution >= 4 is 28.6 Å². The van der Waals surface area contributed by atoms with E-state index in [9.17, 15) is 8.78 Å². The minimum atomic E-state index is -2.73. The second-order valence-electron chi connectivity index (χ2n) is 7.31. The van der Waals surface area contributed by atoms with Crippen molar-refractivity contribution in [3.8, 4) is 5.69 Å². The van der Waals surface area contributed by atoms with Gasteiger partial charge in [0.25, 0.3) is 0 Å². The van der Waals surface area contributed by atoms with Gasteiger partial charge in [-0.2, -0.15) is 23.8 Å². The van der Waals surface area contributed by atoms with E-state index >= 15 is 0 Å². The van der Waals surface area contributed by atoms with E-state index in [1.807, 2.05) is 29.2 Å². The molecule has 32 heavy (non-hydrogen) atoms. The van der Waals surface area contributed by atoms with Crippen molar-refractivity contribution in [1.29, 1.82) is 0 Å². The lowest BCUT2D eigenvalue weighted by Crippen LogP contribution is -2.37. The Hall–Kier alpha value is -3.80. The molecule has 4 heterocycles. The predicted molar refractivity (Wildman–Crippen MR) is 115 cm³/mol. The number of anilines is 3. The van der Waals surface area contributed by atoms with E-state index in [4.69, 9.17) is 20.4 Å². The van der Waals surface area contributed by atoms with Crippen LogP contribution >= 0.6 is 0 Å². The Kier molecular flexibility index (Phi) is 5.27. The molecular formula is C20H21F2N9O. The van der Waals surface area contributed by atoms with Crippen molar-refractivity contribution in [1.82, 2.24) is 29.3 Å². The normalized spacial score (nSPS) is 14.4. The zero-order valence-electron chi connectivity index (χ0n) is 17.0. The van der Waals surface area contributed by atoms with E-state index in [0.717, 1.165) is 5.56 Å². The van der Waals surface area contributed by atoms with Crippen molar-refractivity contribution in [3.05, 3.63) is 48.5 Å². The van der Waals surface area contributed by atoms with Crippen LogP contribution in [0.5, 0.6) is 0 Å². The van der Waals surface area contributed by atoms with Crippen LogP contribution in [0.15, 0.2) is 43.0 Å². The number of fused-ring (bicyclic) bond motifs is 1. The first kappa shape index (κ1) is 20.1. The molecule has 0 amide bonds. The molecule has 0 radical (unpaired) electrons. The van der Waals surface area contributed by atoms with Crippen molar-refractivity contribution < 1.29 is 13.5 Å². The van der Waals surface area contributed by atoms with Gasteiger partial charge < -0.3 is 20.7 Å². The first-order chi connectivity index (χ1) is 15.6. The maximum absolute atomic E-state index is 13.0. The summed E-state index contributed by atoms with van der Waals surface area (Å²) in [5, 5.41) is 7.04. The third-order valence-electron chi connectivity index (χ3n) is 5.16. The summed E-state index contributed by atoms with van der Waals surface area (Å²) >= 11 is 0. The maximum atomic E-state index is 13.0. The van der Waals surface area contributed by atoms with E-state index < -0.39 is 6.55 Å². The molecule has 12 heteroatoms. The Morgan fingerprint density at radius 3 is 2.78 bits per heavy atom. The zero-order chi connectivity index (χ0) is 22.1. The summed E-state index contributed by atoms with van der Waals surface area (Å²) in [6.45, 7) is 0.208. The van der Waals surface area contributed by atoms with Gasteiger partial charge in [-0.15, -0.1) is 0 Å². The number of nitrogens with two attached hydrogens (primary N) is 1. The molecule has 1 aliphatic heterocycles. The minimum absolute atomic E-state index is 0.432. The van der Waals surface area contributed by atoms with Crippen molar-refractivity contribution in [2.24, 2.45) is 0 Å². The Morgan fingerprint density at radius 1 is 1.19 bits per heavy atom. The highest BCUT2D eigenvalue weighted by Gasteiger charge is 2.20. The number of alkyl halides is 2. The van der Waals surface area contributed by atoms with E-state index in [0.29, 0.717) is 71.8 Å². The second kappa shape index (κ2) is 8.38. The summed E-state index contributed by atoms with van der Waals surface area (Å²) < 4.78 is 33.7. The number of ether oxygens (including phenoxy) is 1. The molecule has 0 saturated carbocycles. The van der Waals surface area contributed by atoms with Gasteiger partial charge in [-0.05, 0) is 17.7 Å². The highest BCUT2D eigenvalue weighted by atomic mass is 19.3. The standard InChI is InChI=1S/C20H21F2N9O/c21-19(22)31-11-15(10-26-31)30-12-25-16-17(24-9-13-2-1-3-14(23)8-13)27-20(28-18(16)30)29-4-6-32-7-5-29/h1-3,8,10-12,19H,4-7,9,23H2,(H,24,27,28). The first-order valence-electron chi connectivity index (χ1n) is 10.1. The largest absolute Gasteiger partial charge is 0.399 e. The number of halogens is 2. The number of imidazole rings is 1. The lowest BCUT2D eigenvalue weighted by molar-refractivity contribution is 0.0566. The van der Waals surface area contributed by atoms with Gasteiger partial charge in [0.2, 0.25) is 5.95 Å². The van der Waals surface area contributed by atoms with Gasteiger partial charge in [0.1, 0.15) is 6.33 Å². The van der Waals surface area contributed by atoms with Crippen LogP contribution in [0.1, 0.15) is 12.1 Å². The number of aromatic nitrogens is 6. The topological polar surface area (TPSA) is 112 Å². The Labute approximate surface area is 181 Å². The number of rotatable bonds is 6. The molecule has 3 N–H and O–H groups in total. The molecule has 10 nitrogen and oxygen atoms in total. The number of nitrogens with one attached hydrogen (secondary N) is 1. The van der Waals surface area contributed by atoms with Crippen LogP contribution in [0.2, 0.25) is 0 Å². The highest BCUT2D eigenvalue weighted by molar-refractivity contribution is 5.85. The van der Waals surface area contributed by atoms with Crippen LogP contribution in [0.25, 0.3) is 16.9 Å². The number of nitrogens with zero attached hydrogens (tertiary/aromatic N) is 7.